The largest absolute Gasteiger partial charge is 0.236 e. The molecule has 3 aromatic rings. The molecule has 0 saturated carbocycles. The van der Waals surface area contributed by atoms with Gasteiger partial charge in [0.15, 0.2) is 0 Å². The van der Waals surface area contributed by atoms with Gasteiger partial charge in [0.2, 0.25) is 0 Å². The highest BCUT2D eigenvalue weighted by Crippen LogP contribution is 2.31. The maximum Gasteiger partial charge on any atom is 0.131 e. The van der Waals surface area contributed by atoms with Crippen LogP contribution in [0, 0.1) is 0 Å². The molecule has 0 atom stereocenters. The van der Waals surface area contributed by atoms with Crippen LogP contribution in [0.15, 0.2) is 42.5 Å². The van der Waals surface area contributed by atoms with Gasteiger partial charge in [0, 0.05) is 5.39 Å². The highest BCUT2D eigenvalue weighted by molar-refractivity contribution is 6.39. The zero-order valence-corrected chi connectivity index (χ0v) is 9.76. The summed E-state index contributed by atoms with van der Waals surface area (Å²) >= 11 is 12.1. The number of hydrogen-bond acceptors (Lipinski definition) is 1. The predicted molar refractivity (Wildman–Crippen MR) is 69.3 cm³/mol. The van der Waals surface area contributed by atoms with E-state index in [1.807, 2.05) is 30.3 Å². The second-order valence-corrected chi connectivity index (χ2v) is 4.40. The van der Waals surface area contributed by atoms with Crippen molar-refractivity contribution in [1.29, 1.82) is 0 Å². The summed E-state index contributed by atoms with van der Waals surface area (Å²) in [6.45, 7) is 0. The molecular formula is C13H7Cl2N. The maximum atomic E-state index is 6.22. The van der Waals surface area contributed by atoms with Crippen LogP contribution in [0.25, 0.3) is 21.7 Å². The molecule has 78 valence electrons. The monoisotopic (exact) mass is 247 g/mol. The highest BCUT2D eigenvalue weighted by atomic mass is 35.5. The lowest BCUT2D eigenvalue weighted by atomic mass is 10.1. The van der Waals surface area contributed by atoms with Gasteiger partial charge in [-0.2, -0.15) is 0 Å². The number of hydrogen-bond donors (Lipinski definition) is 0. The molecule has 0 N–H and O–H groups in total. The molecule has 0 saturated heterocycles. The van der Waals surface area contributed by atoms with E-state index in [-0.39, 0.29) is 0 Å². The highest BCUT2D eigenvalue weighted by Gasteiger charge is 2.06. The molecule has 1 heterocycles. The predicted octanol–water partition coefficient (Wildman–Crippen LogP) is 4.69. The number of benzene rings is 2. The van der Waals surface area contributed by atoms with Crippen molar-refractivity contribution in [2.24, 2.45) is 0 Å². The van der Waals surface area contributed by atoms with Crippen molar-refractivity contribution in [2.45, 2.75) is 0 Å². The zero-order chi connectivity index (χ0) is 11.1. The van der Waals surface area contributed by atoms with E-state index >= 15 is 0 Å². The van der Waals surface area contributed by atoms with E-state index in [2.05, 4.69) is 11.1 Å². The number of nitrogens with zero attached hydrogens (tertiary/aromatic N) is 1. The average molecular weight is 248 g/mol. The molecular weight excluding hydrogens is 241 g/mol. The standard InChI is InChI=1S/C13H7Cl2N/c14-10-7-12(15)16-11-6-5-8-3-1-2-4-9(8)13(10)11/h1-7H. The van der Waals surface area contributed by atoms with Crippen molar-refractivity contribution in [2.75, 3.05) is 0 Å². The molecule has 0 amide bonds. The lowest BCUT2D eigenvalue weighted by Gasteiger charge is -2.05. The maximum absolute atomic E-state index is 6.22. The van der Waals surface area contributed by atoms with E-state index in [1.165, 1.54) is 0 Å². The van der Waals surface area contributed by atoms with Crippen LogP contribution in [0.2, 0.25) is 10.2 Å². The van der Waals surface area contributed by atoms with Crippen LogP contribution < -0.4 is 0 Å². The van der Waals surface area contributed by atoms with Crippen molar-refractivity contribution >= 4 is 44.9 Å². The Balaban J connectivity index is 2.60. The van der Waals surface area contributed by atoms with Crippen LogP contribution in [0.4, 0.5) is 0 Å². The van der Waals surface area contributed by atoms with Gasteiger partial charge in [-0.15, -0.1) is 0 Å². The third kappa shape index (κ3) is 1.44. The Bertz CT molecular complexity index is 692. The quantitative estimate of drug-likeness (QED) is 0.415. The Morgan fingerprint density at radius 2 is 1.75 bits per heavy atom. The molecule has 3 heteroatoms. The topological polar surface area (TPSA) is 12.9 Å². The summed E-state index contributed by atoms with van der Waals surface area (Å²) < 4.78 is 0. The van der Waals surface area contributed by atoms with Crippen LogP contribution in [-0.2, 0) is 0 Å². The normalized spacial score (nSPS) is 11.1. The summed E-state index contributed by atoms with van der Waals surface area (Å²) in [6.07, 6.45) is 0. The van der Waals surface area contributed by atoms with Crippen LogP contribution in [0.3, 0.4) is 0 Å². The number of halogens is 2. The number of fused-ring (bicyclic) bond motifs is 3. The lowest BCUT2D eigenvalue weighted by Crippen LogP contribution is -1.83. The van der Waals surface area contributed by atoms with Gasteiger partial charge in [-0.1, -0.05) is 53.5 Å². The van der Waals surface area contributed by atoms with Crippen LogP contribution in [0.5, 0.6) is 0 Å². The van der Waals surface area contributed by atoms with E-state index in [0.29, 0.717) is 10.2 Å². The zero-order valence-electron chi connectivity index (χ0n) is 8.24. The molecule has 2 aromatic carbocycles. The Labute approximate surface area is 103 Å². The van der Waals surface area contributed by atoms with Gasteiger partial charge in [0.25, 0.3) is 0 Å². The van der Waals surface area contributed by atoms with E-state index in [0.717, 1.165) is 21.7 Å². The lowest BCUT2D eigenvalue weighted by molar-refractivity contribution is 1.42. The van der Waals surface area contributed by atoms with E-state index in [9.17, 15) is 0 Å². The second-order valence-electron chi connectivity index (χ2n) is 3.61. The van der Waals surface area contributed by atoms with Gasteiger partial charge in [-0.25, -0.2) is 4.98 Å². The summed E-state index contributed by atoms with van der Waals surface area (Å²) in [5.41, 5.74) is 0.830. The molecule has 1 nitrogen and oxygen atoms in total. The summed E-state index contributed by atoms with van der Waals surface area (Å²) in [5.74, 6) is 0. The molecule has 16 heavy (non-hydrogen) atoms. The fourth-order valence-corrected chi connectivity index (χ4v) is 2.49. The van der Waals surface area contributed by atoms with Crippen molar-refractivity contribution in [3.8, 4) is 0 Å². The fourth-order valence-electron chi connectivity index (χ4n) is 1.93. The smallest absolute Gasteiger partial charge is 0.131 e. The van der Waals surface area contributed by atoms with Crippen LogP contribution >= 0.6 is 23.2 Å². The number of rotatable bonds is 0. The van der Waals surface area contributed by atoms with Crippen molar-refractivity contribution in [1.82, 2.24) is 4.98 Å². The molecule has 0 unspecified atom stereocenters. The molecule has 0 aliphatic carbocycles. The van der Waals surface area contributed by atoms with Crippen LogP contribution in [-0.4, -0.2) is 4.98 Å². The van der Waals surface area contributed by atoms with E-state index in [1.54, 1.807) is 6.07 Å². The van der Waals surface area contributed by atoms with Gasteiger partial charge < -0.3 is 0 Å². The van der Waals surface area contributed by atoms with Gasteiger partial charge in [-0.05, 0) is 22.9 Å². The minimum Gasteiger partial charge on any atom is -0.236 e. The first-order chi connectivity index (χ1) is 7.75. The SMILES string of the molecule is Clc1cc(Cl)c2c(ccc3ccccc32)n1. The van der Waals surface area contributed by atoms with Gasteiger partial charge >= 0.3 is 0 Å². The fraction of sp³-hybridized carbons (Fsp3) is 0. The molecule has 0 fully saturated rings. The summed E-state index contributed by atoms with van der Waals surface area (Å²) in [6, 6.07) is 13.7. The number of aromatic nitrogens is 1. The van der Waals surface area contributed by atoms with Gasteiger partial charge in [0.05, 0.1) is 10.5 Å². The molecule has 3 rings (SSSR count). The Hall–Kier alpha value is -1.31. The van der Waals surface area contributed by atoms with Crippen molar-refractivity contribution in [3.63, 3.8) is 0 Å². The summed E-state index contributed by atoms with van der Waals surface area (Å²) in [7, 11) is 0. The van der Waals surface area contributed by atoms with Crippen molar-refractivity contribution in [3.05, 3.63) is 52.6 Å². The number of pyridine rings is 1. The molecule has 0 radical (unpaired) electrons. The van der Waals surface area contributed by atoms with Gasteiger partial charge in [-0.3, -0.25) is 0 Å². The summed E-state index contributed by atoms with van der Waals surface area (Å²) in [4.78, 5) is 4.27. The third-order valence-corrected chi connectivity index (χ3v) is 3.11. The Morgan fingerprint density at radius 1 is 0.938 bits per heavy atom. The first kappa shape index (κ1) is 9.88. The Kier molecular flexibility index (Phi) is 2.23. The average Bonchev–Trinajstić information content (AvgIpc) is 2.28. The van der Waals surface area contributed by atoms with Gasteiger partial charge in [0.1, 0.15) is 5.15 Å². The second kappa shape index (κ2) is 3.62. The minimum absolute atomic E-state index is 0.424. The molecule has 0 bridgehead atoms. The first-order valence-electron chi connectivity index (χ1n) is 4.89. The third-order valence-electron chi connectivity index (χ3n) is 2.62. The molecule has 0 spiro atoms. The molecule has 0 aliphatic rings. The molecule has 0 aliphatic heterocycles. The minimum atomic E-state index is 0.424. The Morgan fingerprint density at radius 3 is 2.62 bits per heavy atom. The van der Waals surface area contributed by atoms with E-state index in [4.69, 9.17) is 23.2 Å². The van der Waals surface area contributed by atoms with Crippen LogP contribution in [0.1, 0.15) is 0 Å². The van der Waals surface area contributed by atoms with Crippen molar-refractivity contribution < 1.29 is 0 Å². The first-order valence-corrected chi connectivity index (χ1v) is 5.65. The summed E-state index contributed by atoms with van der Waals surface area (Å²) in [5, 5.41) is 4.29. The van der Waals surface area contributed by atoms with E-state index < -0.39 is 0 Å². The molecule has 1 aromatic heterocycles.